The van der Waals surface area contributed by atoms with Gasteiger partial charge in [-0.1, -0.05) is 0 Å². The van der Waals surface area contributed by atoms with Crippen LogP contribution in [-0.2, 0) is 19.4 Å². The fraction of sp³-hybridized carbons (Fsp3) is 1.00. The summed E-state index contributed by atoms with van der Waals surface area (Å²) in [4.78, 5) is 16.9. The largest absolute Gasteiger partial charge is 0.329 e. The first-order valence-corrected chi connectivity index (χ1v) is 6.75. The molecule has 8 heteroatoms. The normalized spacial score (nSPS) is 13.8. The van der Waals surface area contributed by atoms with Gasteiger partial charge < -0.3 is 4.74 Å². The van der Waals surface area contributed by atoms with Crippen LogP contribution in [0.4, 0.5) is 0 Å². The van der Waals surface area contributed by atoms with E-state index in [4.69, 9.17) is 19.4 Å². The van der Waals surface area contributed by atoms with Gasteiger partial charge in [0, 0.05) is 13.7 Å². The molecule has 0 aliphatic heterocycles. The summed E-state index contributed by atoms with van der Waals surface area (Å²) in [7, 11) is 13.3. The van der Waals surface area contributed by atoms with Crippen molar-refractivity contribution >= 4 is 0 Å². The second-order valence-corrected chi connectivity index (χ2v) is 6.16. The van der Waals surface area contributed by atoms with Gasteiger partial charge in [-0.25, -0.2) is 0 Å². The maximum absolute atomic E-state index is 5.82. The number of nitrogens with zero attached hydrogens (tertiary/aromatic N) is 3. The van der Waals surface area contributed by atoms with Gasteiger partial charge in [0.1, 0.15) is 42.3 Å². The molecule has 0 aromatic heterocycles. The molecule has 1 N–H and O–H groups in total. The van der Waals surface area contributed by atoms with Gasteiger partial charge >= 0.3 is 0 Å². The number of hydrogen-bond acceptors (Lipinski definition) is 5. The Morgan fingerprint density at radius 1 is 0.750 bits per heavy atom. The van der Waals surface area contributed by atoms with E-state index in [1.807, 2.05) is 49.2 Å². The number of rotatable bonds is 11. The summed E-state index contributed by atoms with van der Waals surface area (Å²) < 4.78 is 6.21. The van der Waals surface area contributed by atoms with Gasteiger partial charge in [0.25, 0.3) is 13.5 Å². The van der Waals surface area contributed by atoms with Gasteiger partial charge in [0.2, 0.25) is 6.73 Å². The van der Waals surface area contributed by atoms with Crippen molar-refractivity contribution in [2.24, 2.45) is 0 Å². The first kappa shape index (κ1) is 19.7. The molecule has 8 nitrogen and oxygen atoms in total. The molecule has 0 aromatic rings. The van der Waals surface area contributed by atoms with Crippen LogP contribution in [0.15, 0.2) is 0 Å². The lowest BCUT2D eigenvalue weighted by molar-refractivity contribution is -1.20. The predicted octanol–water partition coefficient (Wildman–Crippen LogP) is 0.0538. The van der Waals surface area contributed by atoms with Crippen LogP contribution >= 0.6 is 0 Å². The molecule has 0 bridgehead atoms. The van der Waals surface area contributed by atoms with Crippen molar-refractivity contribution in [2.45, 2.75) is 6.92 Å². The van der Waals surface area contributed by atoms with Crippen molar-refractivity contribution in [3.8, 4) is 0 Å². The van der Waals surface area contributed by atoms with Gasteiger partial charge in [-0.2, -0.15) is 14.8 Å². The molecule has 0 unspecified atom stereocenters. The third-order valence-corrected chi connectivity index (χ3v) is 2.38. The van der Waals surface area contributed by atoms with Gasteiger partial charge in [-0.3, -0.25) is 0 Å². The Hall–Kier alpha value is -0.320. The van der Waals surface area contributed by atoms with E-state index in [2.05, 4.69) is 5.48 Å². The second-order valence-electron chi connectivity index (χ2n) is 6.16. The standard InChI is InChI=1S/C12H33N4O4/c1-9-17-10-14(3,4)18-11-15(5,6)19-12-16(7,8)20-13-2/h13H,9-12H2,1-8H3/q+3. The molecule has 0 saturated heterocycles. The second kappa shape index (κ2) is 8.20. The Kier molecular flexibility index (Phi) is 8.07. The van der Waals surface area contributed by atoms with E-state index in [0.29, 0.717) is 31.4 Å². The maximum atomic E-state index is 5.82. The van der Waals surface area contributed by atoms with Crippen LogP contribution in [0.2, 0.25) is 0 Å². The summed E-state index contributed by atoms with van der Waals surface area (Å²) in [5.74, 6) is 0. The monoisotopic (exact) mass is 297 g/mol. The number of ether oxygens (including phenoxy) is 1. The third-order valence-electron chi connectivity index (χ3n) is 2.38. The topological polar surface area (TPSA) is 49.0 Å². The molecule has 0 saturated carbocycles. The fourth-order valence-corrected chi connectivity index (χ4v) is 1.25. The van der Waals surface area contributed by atoms with Crippen molar-refractivity contribution in [1.82, 2.24) is 5.48 Å². The molecule has 0 rings (SSSR count). The summed E-state index contributed by atoms with van der Waals surface area (Å²) in [6.07, 6.45) is 0. The molecule has 0 aliphatic carbocycles. The summed E-state index contributed by atoms with van der Waals surface area (Å²) in [5, 5.41) is 0. The number of hydroxylamine groups is 10. The van der Waals surface area contributed by atoms with Gasteiger partial charge in [-0.05, 0) is 6.92 Å². The molecule has 0 fully saturated rings. The lowest BCUT2D eigenvalue weighted by Crippen LogP contribution is -2.53. The molecule has 0 spiro atoms. The first-order chi connectivity index (χ1) is 9.04. The lowest BCUT2D eigenvalue weighted by Gasteiger charge is -2.33. The van der Waals surface area contributed by atoms with E-state index in [0.717, 1.165) is 0 Å². The number of quaternary nitrogens is 3. The Balaban J connectivity index is 4.18. The van der Waals surface area contributed by atoms with Gasteiger partial charge in [0.15, 0.2) is 0 Å². The zero-order valence-electron chi connectivity index (χ0n) is 14.3. The molecule has 20 heavy (non-hydrogen) atoms. The van der Waals surface area contributed by atoms with Crippen LogP contribution in [0.5, 0.6) is 0 Å². The maximum Gasteiger partial charge on any atom is 0.266 e. The molecule has 0 amide bonds. The van der Waals surface area contributed by atoms with E-state index in [-0.39, 0.29) is 9.29 Å². The summed E-state index contributed by atoms with van der Waals surface area (Å²) in [6, 6.07) is 0. The van der Waals surface area contributed by atoms with Gasteiger partial charge in [-0.15, -0.1) is 19.3 Å². The van der Waals surface area contributed by atoms with Crippen molar-refractivity contribution in [2.75, 3.05) is 76.1 Å². The minimum atomic E-state index is 0.245. The molecule has 122 valence electrons. The van der Waals surface area contributed by atoms with Crippen LogP contribution in [0.1, 0.15) is 6.92 Å². The highest BCUT2D eigenvalue weighted by Gasteiger charge is 2.29. The summed E-state index contributed by atoms with van der Waals surface area (Å²) in [5.41, 5.74) is 2.66. The van der Waals surface area contributed by atoms with Crippen LogP contribution in [-0.4, -0.2) is 90.1 Å². The van der Waals surface area contributed by atoms with Crippen molar-refractivity contribution in [1.29, 1.82) is 0 Å². The first-order valence-electron chi connectivity index (χ1n) is 6.75. The molecular weight excluding hydrogens is 264 g/mol. The van der Waals surface area contributed by atoms with Crippen molar-refractivity contribution < 1.29 is 33.3 Å². The van der Waals surface area contributed by atoms with Crippen LogP contribution < -0.4 is 5.48 Å². The Morgan fingerprint density at radius 2 is 1.20 bits per heavy atom. The lowest BCUT2D eigenvalue weighted by atomic mass is 10.8. The highest BCUT2D eigenvalue weighted by atomic mass is 16.9. The molecule has 0 atom stereocenters. The average molecular weight is 297 g/mol. The molecule has 0 radical (unpaired) electrons. The number of nitrogens with one attached hydrogen (secondary N) is 1. The zero-order chi connectivity index (χ0) is 15.9. The molecular formula is C12H33N4O4+3. The summed E-state index contributed by atoms with van der Waals surface area (Å²) in [6.45, 7) is 3.92. The summed E-state index contributed by atoms with van der Waals surface area (Å²) >= 11 is 0. The minimum absolute atomic E-state index is 0.245. The van der Waals surface area contributed by atoms with Gasteiger partial charge in [0.05, 0.1) is 0 Å². The van der Waals surface area contributed by atoms with Crippen LogP contribution in [0, 0.1) is 0 Å². The SMILES string of the molecule is CCOC[N+](C)(C)OC[N+](C)(C)OC[N+](C)(C)ONC. The molecule has 0 aliphatic rings. The third kappa shape index (κ3) is 9.56. The van der Waals surface area contributed by atoms with E-state index in [1.54, 1.807) is 7.05 Å². The van der Waals surface area contributed by atoms with E-state index >= 15 is 0 Å². The highest BCUT2D eigenvalue weighted by molar-refractivity contribution is 4.07. The highest BCUT2D eigenvalue weighted by Crippen LogP contribution is 2.08. The van der Waals surface area contributed by atoms with Crippen molar-refractivity contribution in [3.05, 3.63) is 0 Å². The minimum Gasteiger partial charge on any atom is -0.329 e. The fourth-order valence-electron chi connectivity index (χ4n) is 1.25. The van der Waals surface area contributed by atoms with Crippen molar-refractivity contribution in [3.63, 3.8) is 0 Å². The predicted molar refractivity (Wildman–Crippen MR) is 74.9 cm³/mol. The average Bonchev–Trinajstić information content (AvgIpc) is 2.33. The molecule has 0 aromatic carbocycles. The zero-order valence-corrected chi connectivity index (χ0v) is 14.3. The van der Waals surface area contributed by atoms with Crippen LogP contribution in [0.3, 0.4) is 0 Å². The Labute approximate surface area is 122 Å². The van der Waals surface area contributed by atoms with Crippen LogP contribution in [0.25, 0.3) is 0 Å². The Morgan fingerprint density at radius 3 is 1.65 bits per heavy atom. The smallest absolute Gasteiger partial charge is 0.266 e. The van der Waals surface area contributed by atoms with E-state index in [9.17, 15) is 0 Å². The number of hydrogen-bond donors (Lipinski definition) is 1. The Bertz CT molecular complexity index is 272. The molecule has 0 heterocycles. The van der Waals surface area contributed by atoms with E-state index < -0.39 is 0 Å². The quantitative estimate of drug-likeness (QED) is 0.332. The van der Waals surface area contributed by atoms with E-state index in [1.165, 1.54) is 0 Å².